The van der Waals surface area contributed by atoms with E-state index in [1.165, 1.54) is 5.56 Å². The molecule has 0 unspecified atom stereocenters. The maximum atomic E-state index is 12.8. The summed E-state index contributed by atoms with van der Waals surface area (Å²) < 4.78 is 0. The molecule has 1 saturated carbocycles. The number of amides is 2. The molecular weight excluding hydrogens is 340 g/mol. The van der Waals surface area contributed by atoms with Gasteiger partial charge in [-0.15, -0.1) is 0 Å². The lowest BCUT2D eigenvalue weighted by molar-refractivity contribution is -0.121. The van der Waals surface area contributed by atoms with Crippen molar-refractivity contribution in [2.75, 3.05) is 5.32 Å². The number of hydrogen-bond acceptors (Lipinski definition) is 3. The van der Waals surface area contributed by atoms with Crippen LogP contribution in [0.1, 0.15) is 47.2 Å². The second-order valence-corrected chi connectivity index (χ2v) is 7.58. The van der Waals surface area contributed by atoms with Gasteiger partial charge in [0.25, 0.3) is 5.91 Å². The van der Waals surface area contributed by atoms with E-state index in [1.54, 1.807) is 24.3 Å². The zero-order chi connectivity index (χ0) is 19.0. The first-order valence-corrected chi connectivity index (χ1v) is 9.52. The maximum absolute atomic E-state index is 12.8. The quantitative estimate of drug-likeness (QED) is 0.813. The molecule has 140 valence electrons. The van der Waals surface area contributed by atoms with Crippen LogP contribution in [0.4, 0.5) is 5.69 Å². The number of benzene rings is 2. The van der Waals surface area contributed by atoms with Crippen LogP contribution in [0, 0.1) is 12.8 Å². The Morgan fingerprint density at radius 3 is 2.44 bits per heavy atom. The lowest BCUT2D eigenvalue weighted by Gasteiger charge is -2.34. The van der Waals surface area contributed by atoms with E-state index < -0.39 is 0 Å². The van der Waals surface area contributed by atoms with Crippen molar-refractivity contribution < 1.29 is 14.7 Å². The van der Waals surface area contributed by atoms with Gasteiger partial charge in [0, 0.05) is 29.8 Å². The molecule has 1 aliphatic heterocycles. The summed E-state index contributed by atoms with van der Waals surface area (Å²) in [6, 6.07) is 12.6. The number of aryl methyl sites for hydroxylation is 1. The van der Waals surface area contributed by atoms with Crippen LogP contribution < -0.4 is 5.32 Å². The third-order valence-electron chi connectivity index (χ3n) is 5.87. The number of aromatic hydroxyl groups is 1. The molecule has 4 rings (SSSR count). The maximum Gasteiger partial charge on any atom is 0.254 e. The molecule has 2 N–H and O–H groups in total. The highest BCUT2D eigenvalue weighted by Crippen LogP contribution is 2.34. The van der Waals surface area contributed by atoms with Gasteiger partial charge in [-0.2, -0.15) is 0 Å². The Labute approximate surface area is 159 Å². The number of phenolic OH excluding ortho intramolecular Hbond substituents is 1. The fourth-order valence-corrected chi connectivity index (χ4v) is 4.24. The van der Waals surface area contributed by atoms with E-state index in [2.05, 4.69) is 18.3 Å². The first-order chi connectivity index (χ1) is 13.0. The summed E-state index contributed by atoms with van der Waals surface area (Å²) in [7, 11) is 0. The van der Waals surface area contributed by atoms with Crippen molar-refractivity contribution in [2.45, 2.75) is 45.2 Å². The standard InChI is InChI=1S/C22H24N2O3/c1-14-3-2-4-19-20(14)13-24(22(19)27)17-9-5-15(6-10-17)21(26)23-16-7-11-18(25)12-8-16/h2-4,7-8,11-12,15,17,25H,5-6,9-10,13H2,1H3,(H,23,26). The molecule has 27 heavy (non-hydrogen) atoms. The molecule has 0 radical (unpaired) electrons. The average Bonchev–Trinajstić information content (AvgIpc) is 3.02. The number of hydrogen-bond donors (Lipinski definition) is 2. The van der Waals surface area contributed by atoms with Crippen LogP contribution in [-0.2, 0) is 11.3 Å². The summed E-state index contributed by atoms with van der Waals surface area (Å²) in [6.07, 6.45) is 3.28. The summed E-state index contributed by atoms with van der Waals surface area (Å²) in [5.41, 5.74) is 3.85. The smallest absolute Gasteiger partial charge is 0.254 e. The van der Waals surface area contributed by atoms with Crippen molar-refractivity contribution >= 4 is 17.5 Å². The molecule has 5 nitrogen and oxygen atoms in total. The van der Waals surface area contributed by atoms with E-state index in [0.29, 0.717) is 12.2 Å². The molecule has 5 heteroatoms. The molecule has 1 fully saturated rings. The Balaban J connectivity index is 1.35. The van der Waals surface area contributed by atoms with E-state index >= 15 is 0 Å². The van der Waals surface area contributed by atoms with Gasteiger partial charge >= 0.3 is 0 Å². The molecule has 0 saturated heterocycles. The van der Waals surface area contributed by atoms with Crippen molar-refractivity contribution in [3.05, 3.63) is 59.2 Å². The topological polar surface area (TPSA) is 69.6 Å². The third-order valence-corrected chi connectivity index (χ3v) is 5.87. The Morgan fingerprint density at radius 2 is 1.78 bits per heavy atom. The average molecular weight is 364 g/mol. The molecule has 1 aliphatic carbocycles. The minimum Gasteiger partial charge on any atom is -0.508 e. The summed E-state index contributed by atoms with van der Waals surface area (Å²) in [5, 5.41) is 12.3. The largest absolute Gasteiger partial charge is 0.508 e. The highest BCUT2D eigenvalue weighted by atomic mass is 16.3. The van der Waals surface area contributed by atoms with Crippen LogP contribution in [0.25, 0.3) is 0 Å². The molecule has 0 spiro atoms. The Kier molecular flexibility index (Phi) is 4.60. The predicted molar refractivity (Wildman–Crippen MR) is 104 cm³/mol. The van der Waals surface area contributed by atoms with Crippen LogP contribution in [-0.4, -0.2) is 27.9 Å². The van der Waals surface area contributed by atoms with Gasteiger partial charge in [0.05, 0.1) is 0 Å². The SMILES string of the molecule is Cc1cccc2c1CN(C1CCC(C(=O)Nc3ccc(O)cc3)CC1)C2=O. The van der Waals surface area contributed by atoms with Gasteiger partial charge in [0.2, 0.25) is 5.91 Å². The van der Waals surface area contributed by atoms with Gasteiger partial charge in [0.15, 0.2) is 0 Å². The molecular formula is C22H24N2O3. The van der Waals surface area contributed by atoms with Crippen LogP contribution in [0.15, 0.2) is 42.5 Å². The predicted octanol–water partition coefficient (Wildman–Crippen LogP) is 3.85. The summed E-state index contributed by atoms with van der Waals surface area (Å²) in [5.74, 6) is 0.300. The molecule has 2 aromatic carbocycles. The van der Waals surface area contributed by atoms with Crippen molar-refractivity contribution in [3.8, 4) is 5.75 Å². The monoisotopic (exact) mass is 364 g/mol. The molecule has 0 atom stereocenters. The van der Waals surface area contributed by atoms with Crippen molar-refractivity contribution in [3.63, 3.8) is 0 Å². The number of nitrogens with one attached hydrogen (secondary N) is 1. The zero-order valence-electron chi connectivity index (χ0n) is 15.4. The van der Waals surface area contributed by atoms with E-state index in [4.69, 9.17) is 0 Å². The summed E-state index contributed by atoms with van der Waals surface area (Å²) in [4.78, 5) is 27.3. The normalized spacial score (nSPS) is 21.8. The number of fused-ring (bicyclic) bond motifs is 1. The number of rotatable bonds is 3. The Hall–Kier alpha value is -2.82. The van der Waals surface area contributed by atoms with Gasteiger partial charge in [0.1, 0.15) is 5.75 Å². The van der Waals surface area contributed by atoms with Gasteiger partial charge < -0.3 is 15.3 Å². The molecule has 0 aromatic heterocycles. The minimum atomic E-state index is -0.0307. The van der Waals surface area contributed by atoms with Crippen LogP contribution in [0.5, 0.6) is 5.75 Å². The summed E-state index contributed by atoms with van der Waals surface area (Å²) in [6.45, 7) is 2.75. The van der Waals surface area contributed by atoms with Crippen molar-refractivity contribution in [1.82, 2.24) is 4.90 Å². The van der Waals surface area contributed by atoms with E-state index in [9.17, 15) is 14.7 Å². The van der Waals surface area contributed by atoms with Crippen molar-refractivity contribution in [2.24, 2.45) is 5.92 Å². The fraction of sp³-hybridized carbons (Fsp3) is 0.364. The van der Waals surface area contributed by atoms with E-state index in [-0.39, 0.29) is 29.5 Å². The Morgan fingerprint density at radius 1 is 1.07 bits per heavy atom. The third kappa shape index (κ3) is 3.42. The van der Waals surface area contributed by atoms with Gasteiger partial charge in [-0.1, -0.05) is 12.1 Å². The first kappa shape index (κ1) is 17.6. The second-order valence-electron chi connectivity index (χ2n) is 7.58. The van der Waals surface area contributed by atoms with Crippen LogP contribution >= 0.6 is 0 Å². The molecule has 1 heterocycles. The molecule has 2 aliphatic rings. The number of phenols is 1. The molecule has 2 amide bonds. The molecule has 0 bridgehead atoms. The fourth-order valence-electron chi connectivity index (χ4n) is 4.24. The number of nitrogens with zero attached hydrogens (tertiary/aromatic N) is 1. The van der Waals surface area contributed by atoms with Crippen LogP contribution in [0.3, 0.4) is 0 Å². The number of carbonyl (C=O) groups excluding carboxylic acids is 2. The lowest BCUT2D eigenvalue weighted by Crippen LogP contribution is -2.40. The van der Waals surface area contributed by atoms with Crippen LogP contribution in [0.2, 0.25) is 0 Å². The number of anilines is 1. The Bertz CT molecular complexity index is 868. The summed E-state index contributed by atoms with van der Waals surface area (Å²) >= 11 is 0. The molecule has 2 aromatic rings. The van der Waals surface area contributed by atoms with Gasteiger partial charge in [-0.3, -0.25) is 9.59 Å². The van der Waals surface area contributed by atoms with E-state index in [0.717, 1.165) is 36.8 Å². The first-order valence-electron chi connectivity index (χ1n) is 9.52. The zero-order valence-corrected chi connectivity index (χ0v) is 15.4. The number of carbonyl (C=O) groups is 2. The minimum absolute atomic E-state index is 0.0195. The lowest BCUT2D eigenvalue weighted by atomic mass is 9.84. The highest BCUT2D eigenvalue weighted by Gasteiger charge is 2.36. The highest BCUT2D eigenvalue weighted by molar-refractivity contribution is 5.99. The van der Waals surface area contributed by atoms with Crippen molar-refractivity contribution in [1.29, 1.82) is 0 Å². The van der Waals surface area contributed by atoms with E-state index in [1.807, 2.05) is 17.0 Å². The second kappa shape index (κ2) is 7.06. The van der Waals surface area contributed by atoms with Gasteiger partial charge in [-0.05, 0) is 74.1 Å². The van der Waals surface area contributed by atoms with Gasteiger partial charge in [-0.25, -0.2) is 0 Å².